The van der Waals surface area contributed by atoms with Crippen LogP contribution in [0.5, 0.6) is 5.75 Å². The van der Waals surface area contributed by atoms with Crippen molar-refractivity contribution in [3.05, 3.63) is 40.2 Å². The van der Waals surface area contributed by atoms with Crippen LogP contribution in [0.2, 0.25) is 0 Å². The number of aliphatic hydroxyl groups is 7. The average Bonchev–Trinajstić information content (AvgIpc) is 2.83. The van der Waals surface area contributed by atoms with Crippen LogP contribution >= 0.6 is 0 Å². The first-order valence-electron chi connectivity index (χ1n) is 11.3. The SMILES string of the molecule is Cc1cc(=O)oc2cc(OC3CC(COC4OC(CO)C(O)C(O)C4O)C(O)C(O)C3O)ccc12. The minimum atomic E-state index is -1.62. The van der Waals surface area contributed by atoms with Crippen LogP contribution in [0.15, 0.2) is 33.5 Å². The standard InChI is InChI=1S/C23H30O12/c1-9-4-16(25)34-13-6-11(2-3-12(9)13)33-14-5-10(17(26)20(29)18(14)27)8-32-23-22(31)21(30)19(28)15(7-24)35-23/h2-4,6,10,14-15,17-24,26-31H,5,7-8H2,1H3. The largest absolute Gasteiger partial charge is 0.487 e. The van der Waals surface area contributed by atoms with E-state index < -0.39 is 73.3 Å². The molecule has 2 fully saturated rings. The van der Waals surface area contributed by atoms with E-state index in [1.165, 1.54) is 12.1 Å². The van der Waals surface area contributed by atoms with Crippen LogP contribution in [0.4, 0.5) is 0 Å². The number of fused-ring (bicyclic) bond motifs is 1. The van der Waals surface area contributed by atoms with E-state index in [1.54, 1.807) is 19.1 Å². The van der Waals surface area contributed by atoms with E-state index in [0.717, 1.165) is 5.56 Å². The maximum Gasteiger partial charge on any atom is 0.336 e. The van der Waals surface area contributed by atoms with Crippen molar-refractivity contribution in [1.82, 2.24) is 0 Å². The molecule has 12 heteroatoms. The molecular formula is C23H30O12. The molecule has 2 heterocycles. The topological polar surface area (TPSA) is 200 Å². The van der Waals surface area contributed by atoms with Gasteiger partial charge in [-0.15, -0.1) is 0 Å². The van der Waals surface area contributed by atoms with Crippen LogP contribution in [0.25, 0.3) is 11.0 Å². The van der Waals surface area contributed by atoms with Crippen LogP contribution in [-0.4, -0.2) is 104 Å². The monoisotopic (exact) mass is 498 g/mol. The minimum Gasteiger partial charge on any atom is -0.487 e. The molecule has 1 saturated carbocycles. The lowest BCUT2D eigenvalue weighted by atomic mass is 9.81. The van der Waals surface area contributed by atoms with E-state index in [0.29, 0.717) is 11.0 Å². The predicted molar refractivity (Wildman–Crippen MR) is 117 cm³/mol. The summed E-state index contributed by atoms with van der Waals surface area (Å²) in [7, 11) is 0. The molecule has 194 valence electrons. The van der Waals surface area contributed by atoms with Crippen LogP contribution < -0.4 is 10.4 Å². The van der Waals surface area contributed by atoms with E-state index in [2.05, 4.69) is 0 Å². The Bertz CT molecular complexity index is 1070. The zero-order valence-electron chi connectivity index (χ0n) is 18.9. The third-order valence-electron chi connectivity index (χ3n) is 6.63. The molecule has 0 radical (unpaired) electrons. The fraction of sp³-hybridized carbons (Fsp3) is 0.609. The molecule has 35 heavy (non-hydrogen) atoms. The number of hydrogen-bond donors (Lipinski definition) is 7. The summed E-state index contributed by atoms with van der Waals surface area (Å²) in [6.07, 6.45) is -12.7. The third-order valence-corrected chi connectivity index (χ3v) is 6.63. The summed E-state index contributed by atoms with van der Waals surface area (Å²) < 4.78 is 21.9. The second-order valence-electron chi connectivity index (χ2n) is 9.06. The summed E-state index contributed by atoms with van der Waals surface area (Å²) in [5.74, 6) is -0.501. The predicted octanol–water partition coefficient (Wildman–Crippen LogP) is -2.23. The van der Waals surface area contributed by atoms with Gasteiger partial charge in [0.05, 0.1) is 19.3 Å². The summed E-state index contributed by atoms with van der Waals surface area (Å²) >= 11 is 0. The summed E-state index contributed by atoms with van der Waals surface area (Å²) in [6.45, 7) is 0.880. The van der Waals surface area contributed by atoms with Crippen molar-refractivity contribution in [2.75, 3.05) is 13.2 Å². The third kappa shape index (κ3) is 5.21. The lowest BCUT2D eigenvalue weighted by Crippen LogP contribution is -2.60. The molecule has 12 nitrogen and oxygen atoms in total. The van der Waals surface area contributed by atoms with Crippen molar-refractivity contribution in [3.8, 4) is 5.75 Å². The Morgan fingerprint density at radius 3 is 2.37 bits per heavy atom. The van der Waals surface area contributed by atoms with E-state index in [1.807, 2.05) is 0 Å². The lowest BCUT2D eigenvalue weighted by Gasteiger charge is -2.42. The Balaban J connectivity index is 1.46. The Hall–Kier alpha value is -2.13. The molecule has 0 bridgehead atoms. The molecule has 1 aromatic heterocycles. The zero-order valence-corrected chi connectivity index (χ0v) is 18.9. The summed E-state index contributed by atoms with van der Waals surface area (Å²) in [5.41, 5.74) is 0.499. The molecule has 7 N–H and O–H groups in total. The van der Waals surface area contributed by atoms with Gasteiger partial charge < -0.3 is 54.4 Å². The maximum absolute atomic E-state index is 11.7. The van der Waals surface area contributed by atoms with E-state index in [4.69, 9.17) is 18.6 Å². The average molecular weight is 498 g/mol. The molecule has 10 unspecified atom stereocenters. The van der Waals surface area contributed by atoms with Gasteiger partial charge in [0.15, 0.2) is 6.29 Å². The van der Waals surface area contributed by atoms with E-state index in [-0.39, 0.29) is 18.8 Å². The van der Waals surface area contributed by atoms with Crippen molar-refractivity contribution < 1.29 is 54.4 Å². The first-order chi connectivity index (χ1) is 16.6. The van der Waals surface area contributed by atoms with Gasteiger partial charge in [0.1, 0.15) is 54.1 Å². The molecule has 1 aliphatic carbocycles. The molecular weight excluding hydrogens is 468 g/mol. The second kappa shape index (κ2) is 10.5. The summed E-state index contributed by atoms with van der Waals surface area (Å²) in [6, 6.07) is 6.18. The first-order valence-corrected chi connectivity index (χ1v) is 11.3. The molecule has 2 aliphatic rings. The zero-order chi connectivity index (χ0) is 25.4. The van der Waals surface area contributed by atoms with Gasteiger partial charge in [-0.25, -0.2) is 4.79 Å². The smallest absolute Gasteiger partial charge is 0.336 e. The number of ether oxygens (including phenoxy) is 3. The van der Waals surface area contributed by atoms with Crippen molar-refractivity contribution in [2.45, 2.75) is 68.5 Å². The normalized spacial score (nSPS) is 37.9. The molecule has 2 aromatic rings. The van der Waals surface area contributed by atoms with Gasteiger partial charge in [0.25, 0.3) is 0 Å². The van der Waals surface area contributed by atoms with E-state index >= 15 is 0 Å². The van der Waals surface area contributed by atoms with Gasteiger partial charge in [-0.3, -0.25) is 0 Å². The van der Waals surface area contributed by atoms with Gasteiger partial charge in [-0.05, 0) is 31.0 Å². The summed E-state index contributed by atoms with van der Waals surface area (Å²) in [5, 5.41) is 71.2. The number of hydrogen-bond acceptors (Lipinski definition) is 12. The molecule has 1 saturated heterocycles. The molecule has 1 aliphatic heterocycles. The summed E-state index contributed by atoms with van der Waals surface area (Å²) in [4.78, 5) is 11.7. The van der Waals surface area contributed by atoms with Crippen LogP contribution in [0, 0.1) is 12.8 Å². The van der Waals surface area contributed by atoms with Crippen molar-refractivity contribution in [2.24, 2.45) is 5.92 Å². The highest BCUT2D eigenvalue weighted by molar-refractivity contribution is 5.81. The highest BCUT2D eigenvalue weighted by Crippen LogP contribution is 2.32. The van der Waals surface area contributed by atoms with Gasteiger partial charge in [0, 0.05) is 23.4 Å². The van der Waals surface area contributed by atoms with Gasteiger partial charge in [0.2, 0.25) is 0 Å². The quantitative estimate of drug-likeness (QED) is 0.212. The fourth-order valence-corrected chi connectivity index (χ4v) is 4.54. The Labute approximate surface area is 199 Å². The van der Waals surface area contributed by atoms with Crippen molar-refractivity contribution in [1.29, 1.82) is 0 Å². The van der Waals surface area contributed by atoms with Crippen molar-refractivity contribution >= 4 is 11.0 Å². The van der Waals surface area contributed by atoms with Crippen LogP contribution in [0.1, 0.15) is 12.0 Å². The molecule has 4 rings (SSSR count). The molecule has 0 spiro atoms. The highest BCUT2D eigenvalue weighted by atomic mass is 16.7. The van der Waals surface area contributed by atoms with Crippen LogP contribution in [-0.2, 0) is 9.47 Å². The minimum absolute atomic E-state index is 0.0343. The van der Waals surface area contributed by atoms with Gasteiger partial charge >= 0.3 is 5.63 Å². The number of aliphatic hydroxyl groups excluding tert-OH is 7. The molecule has 0 amide bonds. The van der Waals surface area contributed by atoms with Gasteiger partial charge in [-0.2, -0.15) is 0 Å². The second-order valence-corrected chi connectivity index (χ2v) is 9.06. The fourth-order valence-electron chi connectivity index (χ4n) is 4.54. The lowest BCUT2D eigenvalue weighted by molar-refractivity contribution is -0.306. The van der Waals surface area contributed by atoms with Crippen molar-refractivity contribution in [3.63, 3.8) is 0 Å². The van der Waals surface area contributed by atoms with E-state index in [9.17, 15) is 40.5 Å². The Morgan fingerprint density at radius 1 is 0.943 bits per heavy atom. The molecule has 10 atom stereocenters. The first kappa shape index (κ1) is 25.9. The Kier molecular flexibility index (Phi) is 7.76. The number of aryl methyl sites for hydroxylation is 1. The maximum atomic E-state index is 11.7. The van der Waals surface area contributed by atoms with Crippen LogP contribution in [0.3, 0.4) is 0 Å². The molecule has 1 aromatic carbocycles. The Morgan fingerprint density at radius 2 is 1.66 bits per heavy atom. The highest BCUT2D eigenvalue weighted by Gasteiger charge is 2.47. The number of benzene rings is 1. The number of rotatable bonds is 6. The van der Waals surface area contributed by atoms with Gasteiger partial charge in [-0.1, -0.05) is 0 Å².